The summed E-state index contributed by atoms with van der Waals surface area (Å²) in [6.45, 7) is 0. The molecular formula is H24Mg3N6O16P4. The molecule has 24 N–H and O–H groups in total. The van der Waals surface area contributed by atoms with Gasteiger partial charge in [0.25, 0.3) is 0 Å². The molecule has 0 atom stereocenters. The molecule has 0 radical (unpaired) electrons. The SMILES string of the molecule is N.N.N.N.N.N.O=P(O)(O)O.O=P(O)(O)O.O=P([O-])([O-])[O-].O=P([O-])([O-])[O-].[Mg+2].[Mg+2].[Mg+2]. The molecule has 0 unspecified atom stereocenters. The van der Waals surface area contributed by atoms with Crippen LogP contribution in [0.25, 0.3) is 0 Å². The Hall–Kier alpha value is 2.50. The average molecular weight is 561 g/mol. The summed E-state index contributed by atoms with van der Waals surface area (Å²) >= 11 is 0. The van der Waals surface area contributed by atoms with Crippen molar-refractivity contribution in [1.29, 1.82) is 0 Å². The summed E-state index contributed by atoms with van der Waals surface area (Å²) in [5.74, 6) is 0. The zero-order valence-electron chi connectivity index (χ0n) is 14.9. The van der Waals surface area contributed by atoms with Crippen LogP contribution in [-0.4, -0.2) is 98.5 Å². The smallest absolute Gasteiger partial charge is 0.822 e. The standard InChI is InChI=1S/3Mg.6H3N.4H3O4P/c;;;;;;;;;4*1-5(2,3)4/h;;;6*1H3;4*(H3,1,2,3,4)/q3*+2;;;;;;;;;;/p-6. The quantitative estimate of drug-likeness (QED) is 0.0964. The molecule has 0 saturated carbocycles. The molecule has 176 valence electrons. The van der Waals surface area contributed by atoms with E-state index in [4.69, 9.17) is 77.0 Å². The van der Waals surface area contributed by atoms with E-state index in [9.17, 15) is 0 Å². The van der Waals surface area contributed by atoms with E-state index >= 15 is 0 Å². The predicted molar refractivity (Wildman–Crippen MR) is 91.1 cm³/mol. The van der Waals surface area contributed by atoms with Crippen LogP contribution in [0.4, 0.5) is 0 Å². The summed E-state index contributed by atoms with van der Waals surface area (Å²) in [4.78, 5) is 94.4. The van der Waals surface area contributed by atoms with Crippen molar-refractivity contribution in [1.82, 2.24) is 36.9 Å². The molecule has 0 aliphatic carbocycles. The molecule has 0 aromatic rings. The molecule has 0 aromatic heterocycles. The molecule has 0 aliphatic rings. The van der Waals surface area contributed by atoms with Crippen molar-refractivity contribution >= 4 is 100 Å². The van der Waals surface area contributed by atoms with Crippen molar-refractivity contribution in [3.05, 3.63) is 0 Å². The van der Waals surface area contributed by atoms with Crippen LogP contribution >= 0.6 is 31.3 Å². The van der Waals surface area contributed by atoms with Gasteiger partial charge in [-0.1, -0.05) is 0 Å². The third kappa shape index (κ3) is 3970. The third-order valence-electron chi connectivity index (χ3n) is 0. The Labute approximate surface area is 213 Å². The van der Waals surface area contributed by atoms with Gasteiger partial charge in [0.2, 0.25) is 0 Å². The van der Waals surface area contributed by atoms with Gasteiger partial charge in [0.15, 0.2) is 0 Å². The van der Waals surface area contributed by atoms with Crippen LogP contribution in [0, 0.1) is 0 Å². The van der Waals surface area contributed by atoms with Crippen LogP contribution in [0.2, 0.25) is 0 Å². The number of phosphoric acid groups is 4. The first-order valence-electron chi connectivity index (χ1n) is 3.03. The van der Waals surface area contributed by atoms with E-state index < -0.39 is 31.3 Å². The Bertz CT molecular complexity index is 313. The Morgan fingerprint density at radius 1 is 0.379 bits per heavy atom. The molecule has 29 heteroatoms. The van der Waals surface area contributed by atoms with Crippen LogP contribution in [-0.2, 0) is 18.3 Å². The second-order valence-electron chi connectivity index (χ2n) is 1.92. The van der Waals surface area contributed by atoms with Crippen molar-refractivity contribution < 1.29 is 77.0 Å². The molecule has 0 spiro atoms. The zero-order valence-corrected chi connectivity index (χ0v) is 22.7. The number of rotatable bonds is 0. The van der Waals surface area contributed by atoms with Crippen molar-refractivity contribution in [2.45, 2.75) is 0 Å². The van der Waals surface area contributed by atoms with Gasteiger partial charge in [-0.25, -0.2) is 9.13 Å². The predicted octanol–water partition coefficient (Wildman–Crippen LogP) is -7.68. The fraction of sp³-hybridized carbons (Fsp3) is 0. The summed E-state index contributed by atoms with van der Waals surface area (Å²) in [5.41, 5.74) is 0. The van der Waals surface area contributed by atoms with Crippen molar-refractivity contribution in [3.63, 3.8) is 0 Å². The molecule has 0 aromatic carbocycles. The van der Waals surface area contributed by atoms with Crippen molar-refractivity contribution in [2.24, 2.45) is 0 Å². The molecule has 0 bridgehead atoms. The normalized spacial score (nSPS) is 8.14. The molecule has 29 heavy (non-hydrogen) atoms. The van der Waals surface area contributed by atoms with Gasteiger partial charge in [0.1, 0.15) is 0 Å². The van der Waals surface area contributed by atoms with Crippen LogP contribution < -0.4 is 66.3 Å². The Morgan fingerprint density at radius 2 is 0.379 bits per heavy atom. The Balaban J connectivity index is -0.00000000970. The minimum Gasteiger partial charge on any atom is -0.822 e. The van der Waals surface area contributed by atoms with Gasteiger partial charge >= 0.3 is 84.8 Å². The van der Waals surface area contributed by atoms with Crippen molar-refractivity contribution in [3.8, 4) is 0 Å². The minimum atomic E-state index is -5.39. The van der Waals surface area contributed by atoms with Crippen LogP contribution in [0.5, 0.6) is 0 Å². The topological polar surface area (TPSA) is 538 Å². The minimum absolute atomic E-state index is 0. The van der Waals surface area contributed by atoms with E-state index in [-0.39, 0.29) is 106 Å². The summed E-state index contributed by atoms with van der Waals surface area (Å²) in [6, 6.07) is 0. The molecule has 0 rings (SSSR count). The molecule has 0 amide bonds. The first-order chi connectivity index (χ1) is 8.00. The first kappa shape index (κ1) is 85.6. The summed E-state index contributed by atoms with van der Waals surface area (Å²) < 4.78 is 34.9. The second-order valence-corrected chi connectivity index (χ2v) is 5.76. The Morgan fingerprint density at radius 3 is 0.379 bits per heavy atom. The fourth-order valence-corrected chi connectivity index (χ4v) is 0. The maximum atomic E-state index is 8.88. The molecular weight excluding hydrogens is 537 g/mol. The summed E-state index contributed by atoms with van der Waals surface area (Å²) in [6.07, 6.45) is 0. The van der Waals surface area contributed by atoms with Gasteiger partial charge in [0.05, 0.1) is 0 Å². The number of hydrogen-bond acceptors (Lipinski definition) is 16. The van der Waals surface area contributed by atoms with E-state index in [1.807, 2.05) is 0 Å². The van der Waals surface area contributed by atoms with Gasteiger partial charge in [0, 0.05) is 0 Å². The maximum Gasteiger partial charge on any atom is 2.00 e. The van der Waals surface area contributed by atoms with Gasteiger partial charge in [-0.3, -0.25) is 0 Å². The largest absolute Gasteiger partial charge is 2.00 e. The van der Waals surface area contributed by atoms with E-state index in [0.717, 1.165) is 0 Å². The van der Waals surface area contributed by atoms with Gasteiger partial charge in [-0.05, 0) is 0 Å². The fourth-order valence-electron chi connectivity index (χ4n) is 0. The maximum absolute atomic E-state index is 8.88. The first-order valence-corrected chi connectivity index (χ1v) is 9.08. The molecule has 0 fully saturated rings. The van der Waals surface area contributed by atoms with Crippen LogP contribution in [0.1, 0.15) is 0 Å². The van der Waals surface area contributed by atoms with E-state index in [0.29, 0.717) is 0 Å². The third-order valence-corrected chi connectivity index (χ3v) is 0. The zero-order chi connectivity index (χ0) is 18.0. The average Bonchev–Trinajstić information content (AvgIpc) is 1.62. The van der Waals surface area contributed by atoms with Gasteiger partial charge < -0.3 is 105 Å². The molecule has 22 nitrogen and oxygen atoms in total. The molecule has 0 aliphatic heterocycles. The molecule has 0 saturated heterocycles. The number of hydrogen-bond donors (Lipinski definition) is 12. The summed E-state index contributed by atoms with van der Waals surface area (Å²) in [5, 5.41) is 0. The van der Waals surface area contributed by atoms with Crippen LogP contribution in [0.3, 0.4) is 0 Å². The van der Waals surface area contributed by atoms with E-state index in [2.05, 4.69) is 0 Å². The van der Waals surface area contributed by atoms with Gasteiger partial charge in [-0.15, -0.1) is 0 Å². The van der Waals surface area contributed by atoms with E-state index in [1.165, 1.54) is 0 Å². The monoisotopic (exact) mass is 560 g/mol. The van der Waals surface area contributed by atoms with E-state index in [1.54, 1.807) is 0 Å². The molecule has 0 heterocycles. The Kier molecular flexibility index (Phi) is 112. The van der Waals surface area contributed by atoms with Gasteiger partial charge in [-0.2, -0.15) is 15.6 Å². The van der Waals surface area contributed by atoms with Crippen LogP contribution in [0.15, 0.2) is 0 Å². The van der Waals surface area contributed by atoms with Crippen molar-refractivity contribution in [2.75, 3.05) is 0 Å². The summed E-state index contributed by atoms with van der Waals surface area (Å²) in [7, 11) is -20.1. The second kappa shape index (κ2) is 37.8.